The van der Waals surface area contributed by atoms with Gasteiger partial charge in [-0.05, 0) is 38.2 Å². The van der Waals surface area contributed by atoms with E-state index in [-0.39, 0.29) is 42.1 Å². The number of amides is 3. The van der Waals surface area contributed by atoms with E-state index in [1.165, 1.54) is 12.0 Å². The SMILES string of the molecule is COC1CC2C(=O)N(C3CCCCC3)C(=O)N(Cc3ccc(C)cc3)C2CC1OC. The standard InChI is InChI=1S/C24H34N2O4/c1-16-9-11-17(12-10-16)15-25-20-14-22(30-3)21(29-2)13-19(20)23(27)26(24(25)28)18-7-5-4-6-8-18/h9-12,18-22H,4-8,13-15H2,1-3H3. The van der Waals surface area contributed by atoms with Crippen molar-refractivity contribution in [2.45, 2.75) is 82.7 Å². The largest absolute Gasteiger partial charge is 0.379 e. The molecule has 1 aliphatic heterocycles. The minimum absolute atomic E-state index is 0.00587. The molecule has 0 aromatic heterocycles. The predicted octanol–water partition coefficient (Wildman–Crippen LogP) is 3.90. The summed E-state index contributed by atoms with van der Waals surface area (Å²) in [6.07, 6.45) is 6.18. The first-order valence-electron chi connectivity index (χ1n) is 11.3. The van der Waals surface area contributed by atoms with Crippen molar-refractivity contribution >= 4 is 11.9 Å². The van der Waals surface area contributed by atoms with Crippen LogP contribution in [0.5, 0.6) is 0 Å². The smallest absolute Gasteiger partial charge is 0.327 e. The zero-order valence-electron chi connectivity index (χ0n) is 18.4. The molecular formula is C24H34N2O4. The normalized spacial score (nSPS) is 30.5. The molecule has 4 unspecified atom stereocenters. The molecule has 4 atom stereocenters. The van der Waals surface area contributed by atoms with E-state index >= 15 is 0 Å². The summed E-state index contributed by atoms with van der Waals surface area (Å²) in [6.45, 7) is 2.58. The fourth-order valence-corrected chi connectivity index (χ4v) is 5.52. The summed E-state index contributed by atoms with van der Waals surface area (Å²) < 4.78 is 11.4. The van der Waals surface area contributed by atoms with Crippen molar-refractivity contribution < 1.29 is 19.1 Å². The van der Waals surface area contributed by atoms with Crippen LogP contribution in [0.3, 0.4) is 0 Å². The van der Waals surface area contributed by atoms with Crippen LogP contribution in [0.4, 0.5) is 4.79 Å². The van der Waals surface area contributed by atoms with Crippen LogP contribution in [0.2, 0.25) is 0 Å². The summed E-state index contributed by atoms with van der Waals surface area (Å²) in [4.78, 5) is 30.8. The average molecular weight is 415 g/mol. The number of urea groups is 1. The number of ether oxygens (including phenoxy) is 2. The zero-order valence-corrected chi connectivity index (χ0v) is 18.4. The van der Waals surface area contributed by atoms with Crippen molar-refractivity contribution in [1.29, 1.82) is 0 Å². The summed E-state index contributed by atoms with van der Waals surface area (Å²) >= 11 is 0. The molecule has 6 nitrogen and oxygen atoms in total. The van der Waals surface area contributed by atoms with Gasteiger partial charge in [0.05, 0.1) is 18.1 Å². The Morgan fingerprint density at radius 2 is 1.57 bits per heavy atom. The molecule has 3 fully saturated rings. The lowest BCUT2D eigenvalue weighted by atomic mass is 9.77. The van der Waals surface area contributed by atoms with Gasteiger partial charge < -0.3 is 14.4 Å². The van der Waals surface area contributed by atoms with Crippen LogP contribution in [0, 0.1) is 12.8 Å². The van der Waals surface area contributed by atoms with Crippen molar-refractivity contribution in [3.63, 3.8) is 0 Å². The van der Waals surface area contributed by atoms with Gasteiger partial charge in [-0.3, -0.25) is 9.69 Å². The van der Waals surface area contributed by atoms with Gasteiger partial charge in [-0.25, -0.2) is 4.79 Å². The van der Waals surface area contributed by atoms with E-state index in [1.54, 1.807) is 19.1 Å². The van der Waals surface area contributed by atoms with Crippen molar-refractivity contribution in [3.8, 4) is 0 Å². The summed E-state index contributed by atoms with van der Waals surface area (Å²) in [6, 6.07) is 8.06. The number of imide groups is 1. The first kappa shape index (κ1) is 21.3. The number of hydrogen-bond donors (Lipinski definition) is 0. The summed E-state index contributed by atoms with van der Waals surface area (Å²) in [5.74, 6) is -0.236. The molecule has 164 valence electrons. The molecule has 1 saturated heterocycles. The molecule has 2 saturated carbocycles. The number of carbonyl (C=O) groups excluding carboxylic acids is 2. The monoisotopic (exact) mass is 414 g/mol. The van der Waals surface area contributed by atoms with Crippen LogP contribution in [0.25, 0.3) is 0 Å². The highest BCUT2D eigenvalue weighted by atomic mass is 16.5. The van der Waals surface area contributed by atoms with Crippen LogP contribution in [0.15, 0.2) is 24.3 Å². The van der Waals surface area contributed by atoms with E-state index in [0.29, 0.717) is 19.4 Å². The van der Waals surface area contributed by atoms with Crippen LogP contribution in [-0.2, 0) is 20.8 Å². The predicted molar refractivity (Wildman–Crippen MR) is 114 cm³/mol. The Morgan fingerprint density at radius 3 is 2.20 bits per heavy atom. The Morgan fingerprint density at radius 1 is 0.933 bits per heavy atom. The topological polar surface area (TPSA) is 59.1 Å². The van der Waals surface area contributed by atoms with Crippen molar-refractivity contribution in [2.75, 3.05) is 14.2 Å². The highest BCUT2D eigenvalue weighted by Crippen LogP contribution is 2.39. The van der Waals surface area contributed by atoms with Crippen LogP contribution < -0.4 is 0 Å². The molecule has 30 heavy (non-hydrogen) atoms. The van der Waals surface area contributed by atoms with Crippen LogP contribution in [-0.4, -0.2) is 60.2 Å². The number of methoxy groups -OCH3 is 2. The van der Waals surface area contributed by atoms with Crippen LogP contribution >= 0.6 is 0 Å². The van der Waals surface area contributed by atoms with E-state index in [1.807, 2.05) is 4.90 Å². The lowest BCUT2D eigenvalue weighted by molar-refractivity contribution is -0.154. The minimum Gasteiger partial charge on any atom is -0.379 e. The minimum atomic E-state index is -0.230. The maximum absolute atomic E-state index is 13.7. The number of rotatable bonds is 5. The van der Waals surface area contributed by atoms with Crippen molar-refractivity contribution in [1.82, 2.24) is 9.80 Å². The van der Waals surface area contributed by atoms with Gasteiger partial charge in [0.1, 0.15) is 0 Å². The molecule has 2 aliphatic carbocycles. The van der Waals surface area contributed by atoms with E-state index in [2.05, 4.69) is 31.2 Å². The molecule has 0 spiro atoms. The molecule has 0 bridgehead atoms. The number of benzene rings is 1. The highest BCUT2D eigenvalue weighted by molar-refractivity contribution is 5.99. The first-order valence-corrected chi connectivity index (χ1v) is 11.3. The van der Waals surface area contributed by atoms with Gasteiger partial charge in [0.2, 0.25) is 5.91 Å². The summed E-state index contributed by atoms with van der Waals surface area (Å²) in [5, 5.41) is 0. The van der Waals surface area contributed by atoms with Gasteiger partial charge in [-0.2, -0.15) is 0 Å². The van der Waals surface area contributed by atoms with Gasteiger partial charge in [0, 0.05) is 32.8 Å². The number of carbonyl (C=O) groups is 2. The Balaban J connectivity index is 1.66. The first-order chi connectivity index (χ1) is 14.5. The highest BCUT2D eigenvalue weighted by Gasteiger charge is 2.53. The Bertz CT molecular complexity index is 759. The van der Waals surface area contributed by atoms with E-state index < -0.39 is 0 Å². The fraction of sp³-hybridized carbons (Fsp3) is 0.667. The molecule has 6 heteroatoms. The molecule has 0 N–H and O–H groups in total. The lowest BCUT2D eigenvalue weighted by Gasteiger charge is -2.51. The molecule has 1 aromatic carbocycles. The van der Waals surface area contributed by atoms with Crippen molar-refractivity contribution in [2.24, 2.45) is 5.92 Å². The molecule has 3 amide bonds. The third-order valence-electron chi connectivity index (χ3n) is 7.26. The lowest BCUT2D eigenvalue weighted by Crippen LogP contribution is -2.67. The van der Waals surface area contributed by atoms with Crippen molar-refractivity contribution in [3.05, 3.63) is 35.4 Å². The second-order valence-electron chi connectivity index (χ2n) is 9.09. The molecule has 4 rings (SSSR count). The maximum Gasteiger partial charge on any atom is 0.327 e. The Kier molecular flexibility index (Phi) is 6.44. The summed E-state index contributed by atoms with van der Waals surface area (Å²) in [5.41, 5.74) is 2.29. The van der Waals surface area contributed by atoms with Gasteiger partial charge in [-0.15, -0.1) is 0 Å². The third-order valence-corrected chi connectivity index (χ3v) is 7.26. The number of fused-ring (bicyclic) bond motifs is 1. The Hall–Kier alpha value is -1.92. The zero-order chi connectivity index (χ0) is 21.3. The fourth-order valence-electron chi connectivity index (χ4n) is 5.52. The molecule has 1 aromatic rings. The molecular weight excluding hydrogens is 380 g/mol. The second kappa shape index (κ2) is 9.06. The average Bonchev–Trinajstić information content (AvgIpc) is 2.78. The van der Waals surface area contributed by atoms with Crippen LogP contribution in [0.1, 0.15) is 56.1 Å². The van der Waals surface area contributed by atoms with Gasteiger partial charge >= 0.3 is 6.03 Å². The van der Waals surface area contributed by atoms with E-state index in [4.69, 9.17) is 9.47 Å². The van der Waals surface area contributed by atoms with Gasteiger partial charge in [-0.1, -0.05) is 49.1 Å². The van der Waals surface area contributed by atoms with Gasteiger partial charge in [0.15, 0.2) is 0 Å². The van der Waals surface area contributed by atoms with Gasteiger partial charge in [0.25, 0.3) is 0 Å². The quantitative estimate of drug-likeness (QED) is 0.733. The van der Waals surface area contributed by atoms with E-state index in [0.717, 1.165) is 31.2 Å². The second-order valence-corrected chi connectivity index (χ2v) is 9.09. The number of aryl methyl sites for hydroxylation is 1. The molecule has 1 heterocycles. The number of hydrogen-bond acceptors (Lipinski definition) is 4. The Labute approximate surface area is 179 Å². The molecule has 3 aliphatic rings. The molecule has 0 radical (unpaired) electrons. The third kappa shape index (κ3) is 4.00. The maximum atomic E-state index is 13.7. The van der Waals surface area contributed by atoms with E-state index in [9.17, 15) is 9.59 Å². The summed E-state index contributed by atoms with van der Waals surface area (Å²) in [7, 11) is 3.36. The number of nitrogens with zero attached hydrogens (tertiary/aromatic N) is 2.